The largest absolute Gasteiger partial charge is 0.497 e. The van der Waals surface area contributed by atoms with Crippen molar-refractivity contribution in [2.24, 2.45) is 4.99 Å². The van der Waals surface area contributed by atoms with Crippen molar-refractivity contribution in [2.75, 3.05) is 13.9 Å². The molecule has 0 atom stereocenters. The van der Waals surface area contributed by atoms with E-state index in [1.165, 1.54) is 11.3 Å². The SMILES string of the molecule is C=CCn1c(=NC(=O)Cc2ccc(OC)cc2)sc2cc3c(cc21)OCO3. The molecule has 1 aliphatic rings. The number of methoxy groups -OCH3 is 1. The van der Waals surface area contributed by atoms with Crippen molar-refractivity contribution in [3.05, 3.63) is 59.4 Å². The summed E-state index contributed by atoms with van der Waals surface area (Å²) in [7, 11) is 1.61. The third kappa shape index (κ3) is 3.46. The highest BCUT2D eigenvalue weighted by atomic mass is 32.1. The number of fused-ring (bicyclic) bond motifs is 2. The zero-order valence-corrected chi connectivity index (χ0v) is 15.6. The summed E-state index contributed by atoms with van der Waals surface area (Å²) < 4.78 is 19.0. The highest BCUT2D eigenvalue weighted by Crippen LogP contribution is 2.36. The fraction of sp³-hybridized carbons (Fsp3) is 0.200. The molecule has 3 aromatic rings. The van der Waals surface area contributed by atoms with E-state index in [0.29, 0.717) is 22.8 Å². The van der Waals surface area contributed by atoms with Gasteiger partial charge in [-0.15, -0.1) is 6.58 Å². The molecule has 0 spiro atoms. The highest BCUT2D eigenvalue weighted by Gasteiger charge is 2.17. The lowest BCUT2D eigenvalue weighted by atomic mass is 10.1. The summed E-state index contributed by atoms with van der Waals surface area (Å²) in [5, 5.41) is 0. The van der Waals surface area contributed by atoms with Gasteiger partial charge >= 0.3 is 0 Å². The number of rotatable bonds is 5. The molecule has 0 radical (unpaired) electrons. The van der Waals surface area contributed by atoms with Crippen LogP contribution in [0.15, 0.2) is 54.0 Å². The van der Waals surface area contributed by atoms with E-state index in [1.54, 1.807) is 13.2 Å². The minimum atomic E-state index is -0.204. The smallest absolute Gasteiger partial charge is 0.252 e. The fourth-order valence-electron chi connectivity index (χ4n) is 2.91. The molecule has 138 valence electrons. The molecule has 1 aliphatic heterocycles. The minimum absolute atomic E-state index is 0.204. The first-order valence-electron chi connectivity index (χ1n) is 8.42. The lowest BCUT2D eigenvalue weighted by Gasteiger charge is -2.03. The van der Waals surface area contributed by atoms with Crippen LogP contribution in [0.25, 0.3) is 10.2 Å². The van der Waals surface area contributed by atoms with Crippen molar-refractivity contribution in [1.82, 2.24) is 4.57 Å². The second-order valence-electron chi connectivity index (χ2n) is 5.99. The second-order valence-corrected chi connectivity index (χ2v) is 7.00. The summed E-state index contributed by atoms with van der Waals surface area (Å²) in [5.74, 6) is 1.97. The summed E-state index contributed by atoms with van der Waals surface area (Å²) in [6.07, 6.45) is 2.01. The predicted molar refractivity (Wildman–Crippen MR) is 103 cm³/mol. The van der Waals surface area contributed by atoms with E-state index >= 15 is 0 Å². The fourth-order valence-corrected chi connectivity index (χ4v) is 3.98. The molecule has 1 amide bonds. The Morgan fingerprint density at radius 2 is 2.04 bits per heavy atom. The molecule has 27 heavy (non-hydrogen) atoms. The first-order chi connectivity index (χ1) is 13.2. The molecular formula is C20H18N2O4S. The number of thiazole rings is 1. The summed E-state index contributed by atoms with van der Waals surface area (Å²) in [6.45, 7) is 4.59. The third-order valence-electron chi connectivity index (χ3n) is 4.22. The number of allylic oxidation sites excluding steroid dienone is 1. The summed E-state index contributed by atoms with van der Waals surface area (Å²) in [4.78, 5) is 17.5. The Morgan fingerprint density at radius 1 is 1.30 bits per heavy atom. The number of benzene rings is 2. The monoisotopic (exact) mass is 382 g/mol. The van der Waals surface area contributed by atoms with E-state index < -0.39 is 0 Å². The van der Waals surface area contributed by atoms with Crippen molar-refractivity contribution >= 4 is 27.5 Å². The second kappa shape index (κ2) is 7.28. The van der Waals surface area contributed by atoms with Crippen LogP contribution in [-0.4, -0.2) is 24.4 Å². The Balaban J connectivity index is 1.69. The normalized spacial score (nSPS) is 13.1. The number of hydrogen-bond acceptors (Lipinski definition) is 5. The molecule has 0 fully saturated rings. The Morgan fingerprint density at radius 3 is 2.74 bits per heavy atom. The quantitative estimate of drug-likeness (QED) is 0.635. The third-order valence-corrected chi connectivity index (χ3v) is 5.26. The van der Waals surface area contributed by atoms with Crippen LogP contribution in [-0.2, 0) is 17.8 Å². The molecule has 7 heteroatoms. The van der Waals surface area contributed by atoms with Gasteiger partial charge in [0.05, 0.1) is 23.7 Å². The molecule has 6 nitrogen and oxygen atoms in total. The number of carbonyl (C=O) groups excluding carboxylic acids is 1. The zero-order valence-electron chi connectivity index (χ0n) is 14.8. The molecule has 2 heterocycles. The average Bonchev–Trinajstić information content (AvgIpc) is 3.25. The van der Waals surface area contributed by atoms with Gasteiger partial charge in [-0.25, -0.2) is 0 Å². The maximum absolute atomic E-state index is 12.5. The minimum Gasteiger partial charge on any atom is -0.497 e. The Labute approximate surface area is 159 Å². The Kier molecular flexibility index (Phi) is 4.68. The van der Waals surface area contributed by atoms with Gasteiger partial charge in [0.1, 0.15) is 5.75 Å². The summed E-state index contributed by atoms with van der Waals surface area (Å²) in [5.41, 5.74) is 1.84. The summed E-state index contributed by atoms with van der Waals surface area (Å²) >= 11 is 1.45. The topological polar surface area (TPSA) is 62.1 Å². The van der Waals surface area contributed by atoms with E-state index in [4.69, 9.17) is 14.2 Å². The molecule has 0 saturated carbocycles. The lowest BCUT2D eigenvalue weighted by Crippen LogP contribution is -2.16. The van der Waals surface area contributed by atoms with Gasteiger partial charge in [-0.05, 0) is 17.7 Å². The van der Waals surface area contributed by atoms with Gasteiger partial charge in [0.2, 0.25) is 6.79 Å². The molecule has 0 aliphatic carbocycles. The van der Waals surface area contributed by atoms with Crippen molar-refractivity contribution in [1.29, 1.82) is 0 Å². The van der Waals surface area contributed by atoms with Crippen LogP contribution in [0.1, 0.15) is 5.56 Å². The Hall–Kier alpha value is -3.06. The number of nitrogens with zero attached hydrogens (tertiary/aromatic N) is 2. The maximum atomic E-state index is 12.5. The van der Waals surface area contributed by atoms with Gasteiger partial charge in [-0.2, -0.15) is 4.99 Å². The standard InChI is InChI=1S/C20H18N2O4S/c1-3-8-22-15-10-16-17(26-12-25-16)11-18(15)27-20(22)21-19(23)9-13-4-6-14(24-2)7-5-13/h3-7,10-11H,1,8-9,12H2,2H3. The van der Waals surface area contributed by atoms with Crippen LogP contribution < -0.4 is 19.0 Å². The molecule has 2 aromatic carbocycles. The Bertz CT molecular complexity index is 1080. The predicted octanol–water partition coefficient (Wildman–Crippen LogP) is 3.30. The summed E-state index contributed by atoms with van der Waals surface area (Å²) in [6, 6.07) is 11.3. The number of carbonyl (C=O) groups is 1. The van der Waals surface area contributed by atoms with E-state index in [-0.39, 0.29) is 19.1 Å². The van der Waals surface area contributed by atoms with Crippen LogP contribution in [0.3, 0.4) is 0 Å². The molecule has 1 aromatic heterocycles. The molecule has 0 unspecified atom stereocenters. The first-order valence-corrected chi connectivity index (χ1v) is 9.24. The zero-order chi connectivity index (χ0) is 18.8. The van der Waals surface area contributed by atoms with E-state index in [0.717, 1.165) is 21.5 Å². The molecule has 0 saturated heterocycles. The molecule has 0 N–H and O–H groups in total. The van der Waals surface area contributed by atoms with Crippen LogP contribution >= 0.6 is 11.3 Å². The van der Waals surface area contributed by atoms with Crippen molar-refractivity contribution in [2.45, 2.75) is 13.0 Å². The van der Waals surface area contributed by atoms with Crippen molar-refractivity contribution < 1.29 is 19.0 Å². The average molecular weight is 382 g/mol. The van der Waals surface area contributed by atoms with Crippen LogP contribution in [0.2, 0.25) is 0 Å². The van der Waals surface area contributed by atoms with Gasteiger partial charge in [0, 0.05) is 18.7 Å². The molecular weight excluding hydrogens is 364 g/mol. The highest BCUT2D eigenvalue weighted by molar-refractivity contribution is 7.16. The molecule has 0 bridgehead atoms. The van der Waals surface area contributed by atoms with Crippen molar-refractivity contribution in [3.8, 4) is 17.2 Å². The van der Waals surface area contributed by atoms with E-state index in [9.17, 15) is 4.79 Å². The van der Waals surface area contributed by atoms with E-state index in [2.05, 4.69) is 11.6 Å². The molecule has 4 rings (SSSR count). The van der Waals surface area contributed by atoms with Gasteiger partial charge < -0.3 is 18.8 Å². The van der Waals surface area contributed by atoms with Gasteiger partial charge in [0.15, 0.2) is 16.3 Å². The number of amides is 1. The van der Waals surface area contributed by atoms with Crippen molar-refractivity contribution in [3.63, 3.8) is 0 Å². The van der Waals surface area contributed by atoms with Crippen LogP contribution in [0.4, 0.5) is 0 Å². The van der Waals surface area contributed by atoms with Crippen LogP contribution in [0.5, 0.6) is 17.2 Å². The van der Waals surface area contributed by atoms with Crippen LogP contribution in [0, 0.1) is 0 Å². The van der Waals surface area contributed by atoms with Gasteiger partial charge in [-0.1, -0.05) is 29.5 Å². The van der Waals surface area contributed by atoms with Gasteiger partial charge in [0.25, 0.3) is 5.91 Å². The maximum Gasteiger partial charge on any atom is 0.252 e. The number of aromatic nitrogens is 1. The first kappa shape index (κ1) is 17.4. The van der Waals surface area contributed by atoms with E-state index in [1.807, 2.05) is 41.0 Å². The van der Waals surface area contributed by atoms with Gasteiger partial charge in [-0.3, -0.25) is 4.79 Å². The lowest BCUT2D eigenvalue weighted by molar-refractivity contribution is -0.117. The number of hydrogen-bond donors (Lipinski definition) is 0. The number of ether oxygens (including phenoxy) is 3.